The minimum Gasteiger partial charge on any atom is -0.387 e. The van der Waals surface area contributed by atoms with E-state index in [4.69, 9.17) is 0 Å². The van der Waals surface area contributed by atoms with Crippen LogP contribution in [0.15, 0.2) is 24.3 Å². The minimum atomic E-state index is -0.390. The van der Waals surface area contributed by atoms with Gasteiger partial charge < -0.3 is 10.0 Å². The first-order chi connectivity index (χ1) is 9.08. The zero-order valence-corrected chi connectivity index (χ0v) is 12.3. The van der Waals surface area contributed by atoms with Crippen LogP contribution < -0.4 is 0 Å². The summed E-state index contributed by atoms with van der Waals surface area (Å²) in [5, 5.41) is 10.4. The second kappa shape index (κ2) is 6.51. The van der Waals surface area contributed by atoms with Crippen LogP contribution in [0.25, 0.3) is 0 Å². The van der Waals surface area contributed by atoms with Gasteiger partial charge in [0.05, 0.1) is 6.10 Å². The lowest BCUT2D eigenvalue weighted by molar-refractivity contribution is 0.0739. The van der Waals surface area contributed by atoms with Crippen molar-refractivity contribution >= 4 is 0 Å². The maximum Gasteiger partial charge on any atom is 0.0919 e. The number of aryl methyl sites for hydroxylation is 1. The summed E-state index contributed by atoms with van der Waals surface area (Å²) in [6, 6.07) is 8.68. The summed E-state index contributed by atoms with van der Waals surface area (Å²) in [6.07, 6.45) is 2.10. The number of likely N-dealkylation sites (tertiary alicyclic amines) is 1. The zero-order chi connectivity index (χ0) is 13.8. The van der Waals surface area contributed by atoms with Crippen molar-refractivity contribution in [1.29, 1.82) is 0 Å². The molecule has 3 nitrogen and oxygen atoms in total. The molecular formula is C16H26N2O. The highest BCUT2D eigenvalue weighted by Gasteiger charge is 2.23. The lowest BCUT2D eigenvalue weighted by Crippen LogP contribution is -2.46. The smallest absolute Gasteiger partial charge is 0.0919 e. The van der Waals surface area contributed by atoms with Crippen molar-refractivity contribution in [3.63, 3.8) is 0 Å². The van der Waals surface area contributed by atoms with E-state index in [-0.39, 0.29) is 0 Å². The summed E-state index contributed by atoms with van der Waals surface area (Å²) in [6.45, 7) is 5.08. The van der Waals surface area contributed by atoms with Crippen LogP contribution >= 0.6 is 0 Å². The van der Waals surface area contributed by atoms with E-state index in [1.165, 1.54) is 24.9 Å². The van der Waals surface area contributed by atoms with E-state index in [2.05, 4.69) is 36.9 Å². The standard InChI is InChI=1S/C16H26N2O/c1-13-7-4-5-9-15(13)16(19)12-18(3)14-8-6-10-17(2)11-14/h4-5,7,9,14,16,19H,6,8,10-12H2,1-3H3. The molecule has 0 bridgehead atoms. The van der Waals surface area contributed by atoms with E-state index in [0.717, 1.165) is 12.1 Å². The number of likely N-dealkylation sites (N-methyl/N-ethyl adjacent to an activating group) is 2. The third-order valence-electron chi connectivity index (χ3n) is 4.23. The average Bonchev–Trinajstić information content (AvgIpc) is 2.39. The number of hydrogen-bond acceptors (Lipinski definition) is 3. The summed E-state index contributed by atoms with van der Waals surface area (Å²) < 4.78 is 0. The number of piperidine rings is 1. The highest BCUT2D eigenvalue weighted by atomic mass is 16.3. The van der Waals surface area contributed by atoms with Gasteiger partial charge in [-0.25, -0.2) is 0 Å². The van der Waals surface area contributed by atoms with E-state index in [1.54, 1.807) is 0 Å². The van der Waals surface area contributed by atoms with Crippen molar-refractivity contribution in [2.45, 2.75) is 31.9 Å². The number of rotatable bonds is 4. The zero-order valence-electron chi connectivity index (χ0n) is 12.3. The van der Waals surface area contributed by atoms with Gasteiger partial charge in [-0.15, -0.1) is 0 Å². The molecule has 1 heterocycles. The van der Waals surface area contributed by atoms with Gasteiger partial charge in [0.25, 0.3) is 0 Å². The molecule has 1 N–H and O–H groups in total. The van der Waals surface area contributed by atoms with Crippen LogP contribution in [-0.4, -0.2) is 54.7 Å². The first-order valence-electron chi connectivity index (χ1n) is 7.20. The Hall–Kier alpha value is -0.900. The molecule has 0 radical (unpaired) electrons. The fourth-order valence-electron chi connectivity index (χ4n) is 2.98. The third kappa shape index (κ3) is 3.78. The van der Waals surface area contributed by atoms with Crippen LogP contribution in [-0.2, 0) is 0 Å². The van der Waals surface area contributed by atoms with E-state index >= 15 is 0 Å². The Morgan fingerprint density at radius 2 is 2.16 bits per heavy atom. The molecule has 0 aliphatic carbocycles. The summed E-state index contributed by atoms with van der Waals surface area (Å²) in [4.78, 5) is 4.69. The second-order valence-corrected chi connectivity index (χ2v) is 5.87. The molecule has 1 aromatic carbocycles. The van der Waals surface area contributed by atoms with Gasteiger partial charge in [0, 0.05) is 19.1 Å². The molecule has 1 aromatic rings. The predicted molar refractivity (Wildman–Crippen MR) is 79.3 cm³/mol. The molecular weight excluding hydrogens is 236 g/mol. The fraction of sp³-hybridized carbons (Fsp3) is 0.625. The molecule has 19 heavy (non-hydrogen) atoms. The molecule has 0 spiro atoms. The number of benzene rings is 1. The first kappa shape index (κ1) is 14.5. The van der Waals surface area contributed by atoms with Gasteiger partial charge in [0.1, 0.15) is 0 Å². The Morgan fingerprint density at radius 3 is 2.84 bits per heavy atom. The Labute approximate surface area is 116 Å². The molecule has 1 saturated heterocycles. The van der Waals surface area contributed by atoms with Gasteiger partial charge in [-0.1, -0.05) is 24.3 Å². The Balaban J connectivity index is 1.95. The number of nitrogens with zero attached hydrogens (tertiary/aromatic N) is 2. The highest BCUT2D eigenvalue weighted by Crippen LogP contribution is 2.20. The lowest BCUT2D eigenvalue weighted by atomic mass is 10.0. The Morgan fingerprint density at radius 1 is 1.42 bits per heavy atom. The van der Waals surface area contributed by atoms with Crippen LogP contribution in [0.4, 0.5) is 0 Å². The minimum absolute atomic E-state index is 0.390. The van der Waals surface area contributed by atoms with Crippen LogP contribution in [0.1, 0.15) is 30.1 Å². The van der Waals surface area contributed by atoms with Gasteiger partial charge in [-0.2, -0.15) is 0 Å². The summed E-state index contributed by atoms with van der Waals surface area (Å²) in [5.41, 5.74) is 2.22. The van der Waals surface area contributed by atoms with Gasteiger partial charge >= 0.3 is 0 Å². The summed E-state index contributed by atoms with van der Waals surface area (Å²) in [5.74, 6) is 0. The molecule has 3 heteroatoms. The maximum absolute atomic E-state index is 10.4. The van der Waals surface area contributed by atoms with E-state index < -0.39 is 6.10 Å². The molecule has 1 aliphatic heterocycles. The van der Waals surface area contributed by atoms with Crippen molar-refractivity contribution in [3.05, 3.63) is 35.4 Å². The monoisotopic (exact) mass is 262 g/mol. The second-order valence-electron chi connectivity index (χ2n) is 5.87. The van der Waals surface area contributed by atoms with E-state index in [0.29, 0.717) is 12.6 Å². The van der Waals surface area contributed by atoms with Gasteiger partial charge in [-0.3, -0.25) is 4.90 Å². The lowest BCUT2D eigenvalue weighted by Gasteiger charge is -2.36. The van der Waals surface area contributed by atoms with Crippen LogP contribution in [0, 0.1) is 6.92 Å². The summed E-state index contributed by atoms with van der Waals surface area (Å²) >= 11 is 0. The van der Waals surface area contributed by atoms with Gasteiger partial charge in [-0.05, 0) is 51.5 Å². The normalized spacial score (nSPS) is 22.7. The maximum atomic E-state index is 10.4. The molecule has 0 aromatic heterocycles. The first-order valence-corrected chi connectivity index (χ1v) is 7.20. The van der Waals surface area contributed by atoms with Crippen molar-refractivity contribution < 1.29 is 5.11 Å². The van der Waals surface area contributed by atoms with Crippen molar-refractivity contribution in [2.75, 3.05) is 33.7 Å². The number of aliphatic hydroxyl groups excluding tert-OH is 1. The highest BCUT2D eigenvalue weighted by molar-refractivity contribution is 5.27. The van der Waals surface area contributed by atoms with E-state index in [1.807, 2.05) is 18.2 Å². The Bertz CT molecular complexity index is 407. The van der Waals surface area contributed by atoms with Crippen molar-refractivity contribution in [3.8, 4) is 0 Å². The van der Waals surface area contributed by atoms with Crippen molar-refractivity contribution in [1.82, 2.24) is 9.80 Å². The third-order valence-corrected chi connectivity index (χ3v) is 4.23. The van der Waals surface area contributed by atoms with Crippen LogP contribution in [0.3, 0.4) is 0 Å². The van der Waals surface area contributed by atoms with Gasteiger partial charge in [0.15, 0.2) is 0 Å². The van der Waals surface area contributed by atoms with E-state index in [9.17, 15) is 5.11 Å². The molecule has 0 saturated carbocycles. The quantitative estimate of drug-likeness (QED) is 0.899. The largest absolute Gasteiger partial charge is 0.387 e. The topological polar surface area (TPSA) is 26.7 Å². The predicted octanol–water partition coefficient (Wildman–Crippen LogP) is 2.05. The van der Waals surface area contributed by atoms with Crippen molar-refractivity contribution in [2.24, 2.45) is 0 Å². The number of aliphatic hydroxyl groups is 1. The molecule has 2 atom stereocenters. The van der Waals surface area contributed by atoms with Crippen LogP contribution in [0.2, 0.25) is 0 Å². The number of hydrogen-bond donors (Lipinski definition) is 1. The van der Waals surface area contributed by atoms with Crippen LogP contribution in [0.5, 0.6) is 0 Å². The molecule has 2 rings (SSSR count). The fourth-order valence-corrected chi connectivity index (χ4v) is 2.98. The van der Waals surface area contributed by atoms with Gasteiger partial charge in [0.2, 0.25) is 0 Å². The average molecular weight is 262 g/mol. The molecule has 1 fully saturated rings. The molecule has 0 amide bonds. The summed E-state index contributed by atoms with van der Waals surface area (Å²) in [7, 11) is 4.31. The molecule has 106 valence electrons. The molecule has 1 aliphatic rings. The Kier molecular flexibility index (Phi) is 4.97. The SMILES string of the molecule is Cc1ccccc1C(O)CN(C)C1CCCN(C)C1. The molecule has 2 unspecified atom stereocenters.